The molecule has 27 heavy (non-hydrogen) atoms. The Morgan fingerprint density at radius 2 is 1.52 bits per heavy atom. The van der Waals surface area contributed by atoms with Crippen LogP contribution >= 0.6 is 0 Å². The van der Waals surface area contributed by atoms with Crippen LogP contribution in [0.1, 0.15) is 29.7 Å². The summed E-state index contributed by atoms with van der Waals surface area (Å²) >= 11 is 0. The van der Waals surface area contributed by atoms with Crippen molar-refractivity contribution < 1.29 is 0 Å². The number of nitrogens with one attached hydrogen (secondary N) is 1. The maximum Gasteiger partial charge on any atom is 0.274 e. The molecular weight excluding hydrogens is 336 g/mol. The molecule has 0 radical (unpaired) electrons. The molecule has 3 aromatic rings. The molecular formula is C22H24N4O. The molecule has 0 bridgehead atoms. The highest BCUT2D eigenvalue weighted by Crippen LogP contribution is 2.23. The fourth-order valence-electron chi connectivity index (χ4n) is 3.70. The Morgan fingerprint density at radius 3 is 2.15 bits per heavy atom. The van der Waals surface area contributed by atoms with Gasteiger partial charge in [-0.05, 0) is 36.3 Å². The summed E-state index contributed by atoms with van der Waals surface area (Å²) in [7, 11) is 0. The molecule has 0 spiro atoms. The van der Waals surface area contributed by atoms with Gasteiger partial charge >= 0.3 is 0 Å². The quantitative estimate of drug-likeness (QED) is 0.759. The molecule has 0 amide bonds. The third-order valence-electron chi connectivity index (χ3n) is 5.25. The van der Waals surface area contributed by atoms with E-state index in [2.05, 4.69) is 50.4 Å². The first-order valence-electron chi connectivity index (χ1n) is 9.56. The van der Waals surface area contributed by atoms with Gasteiger partial charge in [0.25, 0.3) is 5.56 Å². The van der Waals surface area contributed by atoms with Crippen molar-refractivity contribution in [1.82, 2.24) is 15.2 Å². The van der Waals surface area contributed by atoms with Crippen molar-refractivity contribution in [3.63, 3.8) is 0 Å². The van der Waals surface area contributed by atoms with Gasteiger partial charge in [0, 0.05) is 19.5 Å². The molecule has 0 aliphatic carbocycles. The topological polar surface area (TPSA) is 61.9 Å². The Bertz CT molecular complexity index is 916. The van der Waals surface area contributed by atoms with Crippen molar-refractivity contribution in [2.45, 2.75) is 25.7 Å². The number of hydrogen-bond donors (Lipinski definition) is 1. The number of benzene rings is 2. The summed E-state index contributed by atoms with van der Waals surface area (Å²) in [6, 6.07) is 20.5. The predicted octanol–water partition coefficient (Wildman–Crippen LogP) is 3.21. The Kier molecular flexibility index (Phi) is 5.28. The summed E-state index contributed by atoms with van der Waals surface area (Å²) in [6.07, 6.45) is 3.82. The first kappa shape index (κ1) is 17.5. The van der Waals surface area contributed by atoms with Gasteiger partial charge in [-0.3, -0.25) is 9.78 Å². The van der Waals surface area contributed by atoms with Crippen molar-refractivity contribution in [3.8, 4) is 0 Å². The van der Waals surface area contributed by atoms with Crippen LogP contribution in [0.2, 0.25) is 0 Å². The highest BCUT2D eigenvalue weighted by Gasteiger charge is 2.21. The molecule has 5 nitrogen and oxygen atoms in total. The van der Waals surface area contributed by atoms with Crippen molar-refractivity contribution in [1.29, 1.82) is 0 Å². The largest absolute Gasteiger partial charge is 0.341 e. The number of H-pyrrole nitrogens is 1. The van der Waals surface area contributed by atoms with Crippen molar-refractivity contribution in [2.75, 3.05) is 18.0 Å². The number of nitrogens with zero attached hydrogens (tertiary/aromatic N) is 3. The normalized spacial score (nSPS) is 15.0. The fraction of sp³-hybridized carbons (Fsp3) is 0.318. The second kappa shape index (κ2) is 8.16. The van der Waals surface area contributed by atoms with E-state index < -0.39 is 0 Å². The highest BCUT2D eigenvalue weighted by atomic mass is 16.1. The number of rotatable bonds is 5. The zero-order valence-electron chi connectivity index (χ0n) is 15.3. The van der Waals surface area contributed by atoms with Crippen LogP contribution < -0.4 is 10.5 Å². The summed E-state index contributed by atoms with van der Waals surface area (Å²) in [6.45, 7) is 1.81. The maximum atomic E-state index is 12.4. The van der Waals surface area contributed by atoms with Gasteiger partial charge in [0.2, 0.25) is 5.95 Å². The van der Waals surface area contributed by atoms with Crippen LogP contribution in [0.3, 0.4) is 0 Å². The van der Waals surface area contributed by atoms with E-state index in [9.17, 15) is 4.79 Å². The second-order valence-corrected chi connectivity index (χ2v) is 7.21. The van der Waals surface area contributed by atoms with Gasteiger partial charge in [-0.15, -0.1) is 10.2 Å². The van der Waals surface area contributed by atoms with Crippen molar-refractivity contribution in [2.24, 2.45) is 5.92 Å². The Morgan fingerprint density at radius 1 is 0.889 bits per heavy atom. The minimum Gasteiger partial charge on any atom is -0.341 e. The minimum absolute atomic E-state index is 0.143. The molecule has 1 aromatic heterocycles. The van der Waals surface area contributed by atoms with Crippen LogP contribution in [0.15, 0.2) is 65.5 Å². The number of hydrogen-bond acceptors (Lipinski definition) is 4. The van der Waals surface area contributed by atoms with E-state index in [0.29, 0.717) is 24.0 Å². The lowest BCUT2D eigenvalue weighted by molar-refractivity contribution is 0.399. The monoisotopic (exact) mass is 360 g/mol. The average molecular weight is 360 g/mol. The molecule has 2 heterocycles. The molecule has 0 saturated carbocycles. The van der Waals surface area contributed by atoms with Gasteiger partial charge in [-0.2, -0.15) is 0 Å². The van der Waals surface area contributed by atoms with Gasteiger partial charge in [0.05, 0.1) is 0 Å². The van der Waals surface area contributed by atoms with E-state index in [1.54, 1.807) is 0 Å². The number of piperidine rings is 1. The first-order chi connectivity index (χ1) is 13.3. The van der Waals surface area contributed by atoms with E-state index >= 15 is 0 Å². The third-order valence-corrected chi connectivity index (χ3v) is 5.25. The number of aromatic nitrogens is 3. The van der Waals surface area contributed by atoms with Crippen LogP contribution in [0.4, 0.5) is 5.95 Å². The van der Waals surface area contributed by atoms with Gasteiger partial charge in [0.1, 0.15) is 5.69 Å². The summed E-state index contributed by atoms with van der Waals surface area (Å²) in [4.78, 5) is 17.5. The molecule has 1 saturated heterocycles. The Hall–Kier alpha value is -2.95. The molecule has 5 heteroatoms. The summed E-state index contributed by atoms with van der Waals surface area (Å²) < 4.78 is 0. The molecule has 1 fully saturated rings. The zero-order chi connectivity index (χ0) is 18.5. The van der Waals surface area contributed by atoms with E-state index in [1.165, 1.54) is 5.56 Å². The van der Waals surface area contributed by atoms with Gasteiger partial charge in [-0.25, -0.2) is 0 Å². The van der Waals surface area contributed by atoms with E-state index in [1.807, 2.05) is 30.3 Å². The SMILES string of the molecule is O=c1[nH]c(N2CCC(Cc3ccccc3)CC2)nnc1Cc1ccccc1. The molecule has 0 unspecified atom stereocenters. The molecule has 2 aromatic carbocycles. The number of anilines is 1. The molecule has 138 valence electrons. The smallest absolute Gasteiger partial charge is 0.274 e. The van der Waals surface area contributed by atoms with Crippen LogP contribution in [0, 0.1) is 5.92 Å². The van der Waals surface area contributed by atoms with Crippen LogP contribution in [0.25, 0.3) is 0 Å². The van der Waals surface area contributed by atoms with Gasteiger partial charge < -0.3 is 4.90 Å². The standard InChI is InChI=1S/C22H24N4O/c27-21-20(16-18-9-5-2-6-10-18)24-25-22(23-21)26-13-11-19(12-14-26)15-17-7-3-1-4-8-17/h1-10,19H,11-16H2,(H,23,25,27). The highest BCUT2D eigenvalue weighted by molar-refractivity contribution is 5.29. The van der Waals surface area contributed by atoms with E-state index in [0.717, 1.165) is 37.9 Å². The molecule has 1 aliphatic heterocycles. The van der Waals surface area contributed by atoms with Crippen molar-refractivity contribution >= 4 is 5.95 Å². The zero-order valence-corrected chi connectivity index (χ0v) is 15.3. The van der Waals surface area contributed by atoms with E-state index in [-0.39, 0.29) is 5.56 Å². The van der Waals surface area contributed by atoms with Crippen LogP contribution in [-0.2, 0) is 12.8 Å². The summed E-state index contributed by atoms with van der Waals surface area (Å²) in [5.74, 6) is 1.27. The second-order valence-electron chi connectivity index (χ2n) is 7.21. The lowest BCUT2D eigenvalue weighted by Gasteiger charge is -2.32. The van der Waals surface area contributed by atoms with E-state index in [4.69, 9.17) is 0 Å². The van der Waals surface area contributed by atoms with Crippen LogP contribution in [0.5, 0.6) is 0 Å². The Balaban J connectivity index is 1.37. The Labute approximate surface area is 159 Å². The number of aromatic amines is 1. The average Bonchev–Trinajstić information content (AvgIpc) is 2.72. The molecule has 1 aliphatic rings. The fourth-order valence-corrected chi connectivity index (χ4v) is 3.70. The van der Waals surface area contributed by atoms with Crippen LogP contribution in [-0.4, -0.2) is 28.3 Å². The molecule has 0 atom stereocenters. The van der Waals surface area contributed by atoms with Gasteiger partial charge in [0.15, 0.2) is 0 Å². The minimum atomic E-state index is -0.143. The van der Waals surface area contributed by atoms with Gasteiger partial charge in [-0.1, -0.05) is 60.7 Å². The third kappa shape index (κ3) is 4.42. The molecule has 4 rings (SSSR count). The summed E-state index contributed by atoms with van der Waals surface area (Å²) in [5.41, 5.74) is 2.78. The predicted molar refractivity (Wildman–Crippen MR) is 107 cm³/mol. The first-order valence-corrected chi connectivity index (χ1v) is 9.56. The maximum absolute atomic E-state index is 12.4. The summed E-state index contributed by atoms with van der Waals surface area (Å²) in [5, 5.41) is 8.49. The van der Waals surface area contributed by atoms with Crippen molar-refractivity contribution in [3.05, 3.63) is 87.8 Å². The molecule has 1 N–H and O–H groups in total. The lowest BCUT2D eigenvalue weighted by atomic mass is 9.90. The lowest BCUT2D eigenvalue weighted by Crippen LogP contribution is -2.37.